The molecular formula is C22H21NO2. The number of likely N-dealkylation sites (N-methyl/N-ethyl adjacent to an activating group) is 1. The molecule has 1 aliphatic carbocycles. The lowest BCUT2D eigenvalue weighted by Gasteiger charge is -2.25. The van der Waals surface area contributed by atoms with Gasteiger partial charge < -0.3 is 9.64 Å². The van der Waals surface area contributed by atoms with Crippen molar-refractivity contribution in [3.63, 3.8) is 0 Å². The van der Waals surface area contributed by atoms with E-state index in [2.05, 4.69) is 24.3 Å². The number of nitrogens with zero attached hydrogens (tertiary/aromatic N) is 1. The van der Waals surface area contributed by atoms with Crippen LogP contribution in [0.2, 0.25) is 0 Å². The SMILES string of the molecule is CN(C(=O)COc1ccc2ccccc2c1)[C@H]1CCc2ccccc21. The molecule has 0 heterocycles. The van der Waals surface area contributed by atoms with Crippen LogP contribution >= 0.6 is 0 Å². The molecule has 1 amide bonds. The third-order valence-corrected chi connectivity index (χ3v) is 5.05. The lowest BCUT2D eigenvalue weighted by Crippen LogP contribution is -2.34. The average molecular weight is 331 g/mol. The second kappa shape index (κ2) is 6.60. The molecule has 1 aliphatic rings. The fraction of sp³-hybridized carbons (Fsp3) is 0.227. The van der Waals surface area contributed by atoms with Gasteiger partial charge in [0, 0.05) is 7.05 Å². The summed E-state index contributed by atoms with van der Waals surface area (Å²) >= 11 is 0. The monoisotopic (exact) mass is 331 g/mol. The molecule has 0 aromatic heterocycles. The van der Waals surface area contributed by atoms with Crippen molar-refractivity contribution in [2.24, 2.45) is 0 Å². The Labute approximate surface area is 147 Å². The van der Waals surface area contributed by atoms with Crippen molar-refractivity contribution in [2.45, 2.75) is 18.9 Å². The molecule has 0 unspecified atom stereocenters. The molecule has 3 aromatic carbocycles. The van der Waals surface area contributed by atoms with E-state index in [9.17, 15) is 4.79 Å². The van der Waals surface area contributed by atoms with Gasteiger partial charge in [-0.3, -0.25) is 4.79 Å². The Morgan fingerprint density at radius 2 is 1.80 bits per heavy atom. The van der Waals surface area contributed by atoms with E-state index in [-0.39, 0.29) is 18.6 Å². The minimum atomic E-state index is 0.00913. The number of rotatable bonds is 4. The molecule has 1 atom stereocenters. The predicted molar refractivity (Wildman–Crippen MR) is 99.7 cm³/mol. The third-order valence-electron chi connectivity index (χ3n) is 5.05. The number of ether oxygens (including phenoxy) is 1. The fourth-order valence-electron chi connectivity index (χ4n) is 3.61. The second-order valence-electron chi connectivity index (χ2n) is 6.56. The van der Waals surface area contributed by atoms with Gasteiger partial charge >= 0.3 is 0 Å². The minimum Gasteiger partial charge on any atom is -0.484 e. The van der Waals surface area contributed by atoms with Crippen LogP contribution in [0.4, 0.5) is 0 Å². The zero-order valence-corrected chi connectivity index (χ0v) is 14.3. The van der Waals surface area contributed by atoms with Gasteiger partial charge in [-0.25, -0.2) is 0 Å². The van der Waals surface area contributed by atoms with E-state index in [0.717, 1.165) is 24.0 Å². The molecule has 3 nitrogen and oxygen atoms in total. The van der Waals surface area contributed by atoms with Gasteiger partial charge in [0.2, 0.25) is 0 Å². The highest BCUT2D eigenvalue weighted by molar-refractivity contribution is 5.84. The normalized spacial score (nSPS) is 15.8. The van der Waals surface area contributed by atoms with Crippen molar-refractivity contribution < 1.29 is 9.53 Å². The maximum atomic E-state index is 12.6. The van der Waals surface area contributed by atoms with Crippen LogP contribution in [0.15, 0.2) is 66.7 Å². The smallest absolute Gasteiger partial charge is 0.260 e. The molecule has 126 valence electrons. The fourth-order valence-corrected chi connectivity index (χ4v) is 3.61. The Morgan fingerprint density at radius 3 is 2.68 bits per heavy atom. The number of fused-ring (bicyclic) bond motifs is 2. The predicted octanol–water partition coefficient (Wildman–Crippen LogP) is 4.36. The highest BCUT2D eigenvalue weighted by Gasteiger charge is 2.28. The van der Waals surface area contributed by atoms with E-state index in [1.807, 2.05) is 54.4 Å². The van der Waals surface area contributed by atoms with Crippen molar-refractivity contribution in [3.8, 4) is 5.75 Å². The van der Waals surface area contributed by atoms with Crippen LogP contribution < -0.4 is 4.74 Å². The van der Waals surface area contributed by atoms with Crippen molar-refractivity contribution in [1.82, 2.24) is 4.90 Å². The summed E-state index contributed by atoms with van der Waals surface area (Å²) in [6.07, 6.45) is 2.02. The van der Waals surface area contributed by atoms with Gasteiger partial charge in [0.25, 0.3) is 5.91 Å². The van der Waals surface area contributed by atoms with Gasteiger partial charge in [-0.1, -0.05) is 54.6 Å². The van der Waals surface area contributed by atoms with Crippen LogP contribution in [-0.2, 0) is 11.2 Å². The van der Waals surface area contributed by atoms with Crippen LogP contribution in [0.1, 0.15) is 23.6 Å². The van der Waals surface area contributed by atoms with Crippen LogP contribution in [0.3, 0.4) is 0 Å². The number of carbonyl (C=O) groups is 1. The van der Waals surface area contributed by atoms with E-state index < -0.39 is 0 Å². The average Bonchev–Trinajstić information content (AvgIpc) is 3.09. The molecule has 0 radical (unpaired) electrons. The first-order valence-corrected chi connectivity index (χ1v) is 8.67. The summed E-state index contributed by atoms with van der Waals surface area (Å²) in [7, 11) is 1.87. The lowest BCUT2D eigenvalue weighted by molar-refractivity contribution is -0.134. The molecule has 0 saturated heterocycles. The van der Waals surface area contributed by atoms with E-state index in [1.54, 1.807) is 0 Å². The molecule has 4 rings (SSSR count). The van der Waals surface area contributed by atoms with Crippen LogP contribution in [0, 0.1) is 0 Å². The lowest BCUT2D eigenvalue weighted by atomic mass is 10.1. The maximum Gasteiger partial charge on any atom is 0.260 e. The number of amides is 1. The minimum absolute atomic E-state index is 0.00913. The van der Waals surface area contributed by atoms with Crippen molar-refractivity contribution in [2.75, 3.05) is 13.7 Å². The number of hydrogen-bond donors (Lipinski definition) is 0. The Kier molecular flexibility index (Phi) is 4.14. The number of carbonyl (C=O) groups excluding carboxylic acids is 1. The van der Waals surface area contributed by atoms with E-state index >= 15 is 0 Å². The second-order valence-corrected chi connectivity index (χ2v) is 6.56. The highest BCUT2D eigenvalue weighted by Crippen LogP contribution is 2.34. The molecular weight excluding hydrogens is 310 g/mol. The van der Waals surface area contributed by atoms with E-state index in [1.165, 1.54) is 16.5 Å². The van der Waals surface area contributed by atoms with Crippen LogP contribution in [0.25, 0.3) is 10.8 Å². The van der Waals surface area contributed by atoms with E-state index in [0.29, 0.717) is 0 Å². The van der Waals surface area contributed by atoms with Gasteiger partial charge in [-0.05, 0) is 46.9 Å². The highest BCUT2D eigenvalue weighted by atomic mass is 16.5. The Bertz CT molecular complexity index is 919. The number of benzene rings is 3. The maximum absolute atomic E-state index is 12.6. The van der Waals surface area contributed by atoms with Crippen molar-refractivity contribution in [1.29, 1.82) is 0 Å². The Hall–Kier alpha value is -2.81. The first-order chi connectivity index (χ1) is 12.2. The zero-order valence-electron chi connectivity index (χ0n) is 14.3. The van der Waals surface area contributed by atoms with E-state index in [4.69, 9.17) is 4.74 Å². The standard InChI is InChI=1S/C22H21NO2/c1-23(21-13-11-17-7-4-5-9-20(17)21)22(24)15-25-19-12-10-16-6-2-3-8-18(16)14-19/h2-10,12,14,21H,11,13,15H2,1H3/t21-/m0/s1. The summed E-state index contributed by atoms with van der Waals surface area (Å²) in [6, 6.07) is 22.6. The van der Waals surface area contributed by atoms with Crippen molar-refractivity contribution in [3.05, 3.63) is 77.9 Å². The molecule has 0 saturated carbocycles. The summed E-state index contributed by atoms with van der Waals surface area (Å²) in [6.45, 7) is 0.0630. The quantitative estimate of drug-likeness (QED) is 0.711. The van der Waals surface area contributed by atoms with Crippen LogP contribution in [0.5, 0.6) is 5.75 Å². The largest absolute Gasteiger partial charge is 0.484 e. The Morgan fingerprint density at radius 1 is 1.04 bits per heavy atom. The van der Waals surface area contributed by atoms with Crippen LogP contribution in [-0.4, -0.2) is 24.5 Å². The molecule has 0 fully saturated rings. The van der Waals surface area contributed by atoms with Gasteiger partial charge in [0.1, 0.15) is 5.75 Å². The first kappa shape index (κ1) is 15.7. The summed E-state index contributed by atoms with van der Waals surface area (Å²) in [5.41, 5.74) is 2.62. The number of aryl methyl sites for hydroxylation is 1. The molecule has 25 heavy (non-hydrogen) atoms. The van der Waals surface area contributed by atoms with Crippen molar-refractivity contribution >= 4 is 16.7 Å². The summed E-state index contributed by atoms with van der Waals surface area (Å²) in [5.74, 6) is 0.738. The first-order valence-electron chi connectivity index (χ1n) is 8.67. The molecule has 0 N–H and O–H groups in total. The summed E-state index contributed by atoms with van der Waals surface area (Å²) in [5, 5.41) is 2.28. The van der Waals surface area contributed by atoms with Gasteiger partial charge in [0.15, 0.2) is 6.61 Å². The number of hydrogen-bond acceptors (Lipinski definition) is 2. The molecule has 0 aliphatic heterocycles. The molecule has 0 spiro atoms. The topological polar surface area (TPSA) is 29.5 Å². The Balaban J connectivity index is 1.43. The zero-order chi connectivity index (χ0) is 17.2. The molecule has 0 bridgehead atoms. The van der Waals surface area contributed by atoms with Gasteiger partial charge in [-0.2, -0.15) is 0 Å². The summed E-state index contributed by atoms with van der Waals surface area (Å²) < 4.78 is 5.75. The third kappa shape index (κ3) is 3.10. The molecule has 3 heteroatoms. The summed E-state index contributed by atoms with van der Waals surface area (Å²) in [4.78, 5) is 14.4. The van der Waals surface area contributed by atoms with Gasteiger partial charge in [0.05, 0.1) is 6.04 Å². The molecule has 3 aromatic rings. The van der Waals surface area contributed by atoms with Gasteiger partial charge in [-0.15, -0.1) is 0 Å².